The number of benzene rings is 1. The first kappa shape index (κ1) is 16.9. The molecular formula is C20H22N4O. The highest BCUT2D eigenvalue weighted by Crippen LogP contribution is 2.32. The van der Waals surface area contributed by atoms with Crippen LogP contribution < -0.4 is 11.1 Å². The van der Waals surface area contributed by atoms with Gasteiger partial charge >= 0.3 is 0 Å². The Morgan fingerprint density at radius 1 is 1.32 bits per heavy atom. The number of amidine groups is 1. The predicted octanol–water partition coefficient (Wildman–Crippen LogP) is 3.36. The molecule has 0 unspecified atom stereocenters. The molecule has 5 nitrogen and oxygen atoms in total. The SMILES string of the molecule is CCCNC(=O)C1=Cc2ccc(-c3cnccc3C)cc2N=C(N)C1. The third-order valence-corrected chi connectivity index (χ3v) is 4.17. The Balaban J connectivity index is 2.00. The van der Waals surface area contributed by atoms with Crippen molar-refractivity contribution >= 4 is 23.5 Å². The van der Waals surface area contributed by atoms with Gasteiger partial charge in [0, 0.05) is 42.1 Å². The van der Waals surface area contributed by atoms with E-state index >= 15 is 0 Å². The predicted molar refractivity (Wildman–Crippen MR) is 102 cm³/mol. The highest BCUT2D eigenvalue weighted by atomic mass is 16.1. The van der Waals surface area contributed by atoms with Gasteiger partial charge in [-0.25, -0.2) is 4.99 Å². The van der Waals surface area contributed by atoms with Gasteiger partial charge in [-0.3, -0.25) is 9.78 Å². The normalized spacial score (nSPS) is 13.4. The maximum atomic E-state index is 12.3. The number of hydrogen-bond donors (Lipinski definition) is 2. The molecule has 3 rings (SSSR count). The van der Waals surface area contributed by atoms with Gasteiger partial charge in [-0.15, -0.1) is 0 Å². The number of aliphatic imine (C=N–C) groups is 1. The van der Waals surface area contributed by atoms with Crippen molar-refractivity contribution in [1.29, 1.82) is 0 Å². The molecule has 0 aliphatic carbocycles. The highest BCUT2D eigenvalue weighted by molar-refractivity contribution is 6.05. The van der Waals surface area contributed by atoms with Crippen molar-refractivity contribution in [3.05, 3.63) is 53.4 Å². The molecule has 2 heterocycles. The van der Waals surface area contributed by atoms with Crippen LogP contribution in [0, 0.1) is 6.92 Å². The second-order valence-corrected chi connectivity index (χ2v) is 6.17. The Labute approximate surface area is 147 Å². The number of nitrogens with one attached hydrogen (secondary N) is 1. The van der Waals surface area contributed by atoms with Crippen LogP contribution in [0.15, 0.2) is 47.2 Å². The minimum atomic E-state index is -0.0833. The Bertz CT molecular complexity index is 868. The number of rotatable bonds is 4. The van der Waals surface area contributed by atoms with Crippen LogP contribution in [-0.2, 0) is 4.79 Å². The first-order valence-electron chi connectivity index (χ1n) is 8.45. The number of amides is 1. The Morgan fingerprint density at radius 3 is 2.92 bits per heavy atom. The second kappa shape index (κ2) is 7.30. The zero-order chi connectivity index (χ0) is 17.8. The summed E-state index contributed by atoms with van der Waals surface area (Å²) in [5.41, 5.74) is 11.6. The van der Waals surface area contributed by atoms with Crippen LogP contribution in [0.4, 0.5) is 5.69 Å². The number of hydrogen-bond acceptors (Lipinski definition) is 4. The standard InChI is InChI=1S/C20H22N4O/c1-3-7-23-20(25)16-9-15-5-4-14(10-18(15)24-19(21)11-16)17-12-22-8-6-13(17)2/h4-6,8-10,12H,3,7,11H2,1-2H3,(H2,21,24)(H,23,25). The van der Waals surface area contributed by atoms with E-state index < -0.39 is 0 Å². The molecule has 0 atom stereocenters. The third-order valence-electron chi connectivity index (χ3n) is 4.17. The molecule has 0 spiro atoms. The van der Waals surface area contributed by atoms with Gasteiger partial charge in [-0.05, 0) is 42.7 Å². The number of carbonyl (C=O) groups is 1. The molecule has 1 aliphatic rings. The maximum absolute atomic E-state index is 12.3. The molecule has 0 fully saturated rings. The summed E-state index contributed by atoms with van der Waals surface area (Å²) < 4.78 is 0. The molecule has 1 aliphatic heterocycles. The summed E-state index contributed by atoms with van der Waals surface area (Å²) in [6.07, 6.45) is 6.75. The maximum Gasteiger partial charge on any atom is 0.247 e. The molecule has 25 heavy (non-hydrogen) atoms. The van der Waals surface area contributed by atoms with Crippen LogP contribution in [0.25, 0.3) is 17.2 Å². The lowest BCUT2D eigenvalue weighted by Gasteiger charge is -2.08. The van der Waals surface area contributed by atoms with Gasteiger partial charge in [-0.1, -0.05) is 19.1 Å². The molecule has 128 valence electrons. The van der Waals surface area contributed by atoms with E-state index in [1.165, 1.54) is 0 Å². The van der Waals surface area contributed by atoms with Gasteiger partial charge < -0.3 is 11.1 Å². The summed E-state index contributed by atoms with van der Waals surface area (Å²) in [4.78, 5) is 21.0. The van der Waals surface area contributed by atoms with Gasteiger partial charge in [0.1, 0.15) is 5.84 Å². The van der Waals surface area contributed by atoms with Crippen LogP contribution in [0.2, 0.25) is 0 Å². The van der Waals surface area contributed by atoms with E-state index in [2.05, 4.69) is 22.2 Å². The molecule has 0 saturated carbocycles. The van der Waals surface area contributed by atoms with Gasteiger partial charge in [0.2, 0.25) is 5.91 Å². The second-order valence-electron chi connectivity index (χ2n) is 6.17. The van der Waals surface area contributed by atoms with Gasteiger partial charge in [0.25, 0.3) is 0 Å². The lowest BCUT2D eigenvalue weighted by atomic mass is 9.99. The van der Waals surface area contributed by atoms with Crippen molar-refractivity contribution in [1.82, 2.24) is 10.3 Å². The van der Waals surface area contributed by atoms with E-state index in [0.717, 1.165) is 34.4 Å². The smallest absolute Gasteiger partial charge is 0.247 e. The van der Waals surface area contributed by atoms with Crippen molar-refractivity contribution in [3.8, 4) is 11.1 Å². The van der Waals surface area contributed by atoms with Crippen molar-refractivity contribution < 1.29 is 4.79 Å². The zero-order valence-electron chi connectivity index (χ0n) is 14.5. The van der Waals surface area contributed by atoms with Gasteiger partial charge in [0.05, 0.1) is 5.69 Å². The fraction of sp³-hybridized carbons (Fsp3) is 0.250. The summed E-state index contributed by atoms with van der Waals surface area (Å²) in [6.45, 7) is 4.73. The number of nitrogens with two attached hydrogens (primary N) is 1. The van der Waals surface area contributed by atoms with Crippen LogP contribution in [0.3, 0.4) is 0 Å². The quantitative estimate of drug-likeness (QED) is 0.899. The molecular weight excluding hydrogens is 312 g/mol. The molecule has 2 aromatic rings. The zero-order valence-corrected chi connectivity index (χ0v) is 14.5. The first-order valence-corrected chi connectivity index (χ1v) is 8.45. The lowest BCUT2D eigenvalue weighted by Crippen LogP contribution is -2.27. The van der Waals surface area contributed by atoms with Crippen LogP contribution in [-0.4, -0.2) is 23.3 Å². The molecule has 1 aromatic heterocycles. The minimum Gasteiger partial charge on any atom is -0.387 e. The van der Waals surface area contributed by atoms with Crippen molar-refractivity contribution in [2.45, 2.75) is 26.7 Å². The van der Waals surface area contributed by atoms with Crippen LogP contribution in [0.5, 0.6) is 0 Å². The highest BCUT2D eigenvalue weighted by Gasteiger charge is 2.16. The number of nitrogens with zero attached hydrogens (tertiary/aromatic N) is 2. The number of aryl methyl sites for hydroxylation is 1. The summed E-state index contributed by atoms with van der Waals surface area (Å²) in [7, 11) is 0. The van der Waals surface area contributed by atoms with E-state index in [1.54, 1.807) is 6.20 Å². The van der Waals surface area contributed by atoms with Gasteiger partial charge in [0.15, 0.2) is 0 Å². The van der Waals surface area contributed by atoms with E-state index in [1.807, 2.05) is 43.5 Å². The number of carbonyl (C=O) groups excluding carboxylic acids is 1. The summed E-state index contributed by atoms with van der Waals surface area (Å²) in [6, 6.07) is 7.98. The van der Waals surface area contributed by atoms with E-state index in [9.17, 15) is 4.79 Å². The summed E-state index contributed by atoms with van der Waals surface area (Å²) in [5, 5.41) is 2.90. The molecule has 0 radical (unpaired) electrons. The van der Waals surface area contributed by atoms with E-state index in [4.69, 9.17) is 5.73 Å². The Kier molecular flexibility index (Phi) is 4.93. The lowest BCUT2D eigenvalue weighted by molar-refractivity contribution is -0.117. The number of fused-ring (bicyclic) bond motifs is 1. The van der Waals surface area contributed by atoms with Crippen molar-refractivity contribution in [3.63, 3.8) is 0 Å². The fourth-order valence-electron chi connectivity index (χ4n) is 2.82. The molecule has 5 heteroatoms. The molecule has 1 aromatic carbocycles. The van der Waals surface area contributed by atoms with Crippen LogP contribution in [0.1, 0.15) is 30.9 Å². The average Bonchev–Trinajstić information content (AvgIpc) is 2.77. The third kappa shape index (κ3) is 3.76. The number of aromatic nitrogens is 1. The fourth-order valence-corrected chi connectivity index (χ4v) is 2.82. The number of pyridine rings is 1. The van der Waals surface area contributed by atoms with Crippen molar-refractivity contribution in [2.75, 3.05) is 6.54 Å². The monoisotopic (exact) mass is 334 g/mol. The largest absolute Gasteiger partial charge is 0.387 e. The topological polar surface area (TPSA) is 80.4 Å². The van der Waals surface area contributed by atoms with Crippen LogP contribution >= 0.6 is 0 Å². The summed E-state index contributed by atoms with van der Waals surface area (Å²) >= 11 is 0. The minimum absolute atomic E-state index is 0.0833. The first-order chi connectivity index (χ1) is 12.1. The Hall–Kier alpha value is -2.95. The summed E-state index contributed by atoms with van der Waals surface area (Å²) in [5.74, 6) is 0.358. The van der Waals surface area contributed by atoms with Crippen molar-refractivity contribution in [2.24, 2.45) is 10.7 Å². The Morgan fingerprint density at radius 2 is 2.16 bits per heavy atom. The average molecular weight is 334 g/mol. The molecule has 3 N–H and O–H groups in total. The molecule has 0 bridgehead atoms. The van der Waals surface area contributed by atoms with Gasteiger partial charge in [-0.2, -0.15) is 0 Å². The molecule has 1 amide bonds. The van der Waals surface area contributed by atoms with E-state index in [-0.39, 0.29) is 5.91 Å². The molecule has 0 saturated heterocycles. The van der Waals surface area contributed by atoms with E-state index in [0.29, 0.717) is 24.4 Å².